The van der Waals surface area contributed by atoms with Crippen LogP contribution < -0.4 is 9.47 Å². The number of carbonyl (C=O) groups excluding carboxylic acids is 2. The highest BCUT2D eigenvalue weighted by Crippen LogP contribution is 2.33. The number of halogens is 1. The molecule has 5 heteroatoms. The van der Waals surface area contributed by atoms with Gasteiger partial charge in [0, 0.05) is 5.41 Å². The number of hydrogen-bond acceptors (Lipinski definition) is 4. The average Bonchev–Trinajstić information content (AvgIpc) is 2.73. The van der Waals surface area contributed by atoms with E-state index in [1.807, 2.05) is 36.4 Å². The first kappa shape index (κ1) is 21.2. The Morgan fingerprint density at radius 1 is 0.833 bits per heavy atom. The highest BCUT2D eigenvalue weighted by molar-refractivity contribution is 5.96. The molecule has 0 aliphatic heterocycles. The van der Waals surface area contributed by atoms with Gasteiger partial charge in [0.15, 0.2) is 5.78 Å². The molecule has 3 rings (SSSR count). The van der Waals surface area contributed by atoms with Crippen LogP contribution in [0.4, 0.5) is 4.39 Å². The number of rotatable bonds is 6. The molecule has 0 heterocycles. The number of carbonyl (C=O) groups is 2. The Morgan fingerprint density at radius 3 is 1.83 bits per heavy atom. The predicted molar refractivity (Wildman–Crippen MR) is 113 cm³/mol. The Bertz CT molecular complexity index is 1070. The monoisotopic (exact) mass is 406 g/mol. The fraction of sp³-hybridized carbons (Fsp3) is 0.200. The molecule has 0 aliphatic rings. The summed E-state index contributed by atoms with van der Waals surface area (Å²) in [5.41, 5.74) is 1.88. The van der Waals surface area contributed by atoms with E-state index in [1.165, 1.54) is 19.1 Å². The Labute approximate surface area is 175 Å². The smallest absolute Gasteiger partial charge is 0.343 e. The molecule has 0 aliphatic carbocycles. The first-order chi connectivity index (χ1) is 14.2. The SMILES string of the molecule is COc1ccc(C(C)(C)c2ccc(OC(=O)c3ccc(C(C)=O)c(F)c3)cc2)cc1. The van der Waals surface area contributed by atoms with Crippen LogP contribution in [0.3, 0.4) is 0 Å². The third-order valence-electron chi connectivity index (χ3n) is 5.18. The van der Waals surface area contributed by atoms with Crippen molar-refractivity contribution < 1.29 is 23.5 Å². The molecule has 0 saturated carbocycles. The van der Waals surface area contributed by atoms with Gasteiger partial charge < -0.3 is 9.47 Å². The quantitative estimate of drug-likeness (QED) is 0.305. The number of hydrogen-bond donors (Lipinski definition) is 0. The third-order valence-corrected chi connectivity index (χ3v) is 5.18. The van der Waals surface area contributed by atoms with Crippen LogP contribution in [0.2, 0.25) is 0 Å². The lowest BCUT2D eigenvalue weighted by atomic mass is 9.78. The first-order valence-electron chi connectivity index (χ1n) is 9.50. The van der Waals surface area contributed by atoms with Gasteiger partial charge in [-0.1, -0.05) is 38.1 Å². The lowest BCUT2D eigenvalue weighted by Gasteiger charge is -2.26. The van der Waals surface area contributed by atoms with Crippen molar-refractivity contribution in [1.82, 2.24) is 0 Å². The minimum absolute atomic E-state index is 0.0418. The van der Waals surface area contributed by atoms with Gasteiger partial charge in [-0.3, -0.25) is 4.79 Å². The molecule has 0 radical (unpaired) electrons. The summed E-state index contributed by atoms with van der Waals surface area (Å²) in [5.74, 6) is -0.683. The molecule has 0 fully saturated rings. The molecule has 3 aromatic rings. The molecule has 0 N–H and O–H groups in total. The molecule has 0 saturated heterocycles. The molecule has 0 amide bonds. The molecule has 0 spiro atoms. The number of Topliss-reactive ketones (excluding diaryl/α,β-unsaturated/α-hetero) is 1. The van der Waals surface area contributed by atoms with E-state index in [1.54, 1.807) is 19.2 Å². The van der Waals surface area contributed by atoms with E-state index in [0.717, 1.165) is 22.9 Å². The van der Waals surface area contributed by atoms with E-state index in [0.29, 0.717) is 5.75 Å². The summed E-state index contributed by atoms with van der Waals surface area (Å²) < 4.78 is 24.5. The second-order valence-electron chi connectivity index (χ2n) is 7.52. The summed E-state index contributed by atoms with van der Waals surface area (Å²) in [4.78, 5) is 23.6. The van der Waals surface area contributed by atoms with Crippen molar-refractivity contribution in [2.45, 2.75) is 26.2 Å². The maximum absolute atomic E-state index is 14.0. The summed E-state index contributed by atoms with van der Waals surface area (Å²) in [6, 6.07) is 18.8. The van der Waals surface area contributed by atoms with E-state index in [9.17, 15) is 14.0 Å². The van der Waals surface area contributed by atoms with Gasteiger partial charge >= 0.3 is 5.97 Å². The molecule has 0 unspecified atom stereocenters. The van der Waals surface area contributed by atoms with Crippen LogP contribution in [-0.2, 0) is 5.41 Å². The van der Waals surface area contributed by atoms with Crippen molar-refractivity contribution in [1.29, 1.82) is 0 Å². The van der Waals surface area contributed by atoms with Gasteiger partial charge in [-0.2, -0.15) is 0 Å². The number of ether oxygens (including phenoxy) is 2. The summed E-state index contributed by atoms with van der Waals surface area (Å²) in [5, 5.41) is 0. The second kappa shape index (κ2) is 8.49. The molecule has 0 atom stereocenters. The van der Waals surface area contributed by atoms with Gasteiger partial charge in [0.05, 0.1) is 18.2 Å². The second-order valence-corrected chi connectivity index (χ2v) is 7.52. The summed E-state index contributed by atoms with van der Waals surface area (Å²) in [6.45, 7) is 5.48. The summed E-state index contributed by atoms with van der Waals surface area (Å²) >= 11 is 0. The fourth-order valence-corrected chi connectivity index (χ4v) is 3.21. The molecule has 0 aromatic heterocycles. The highest BCUT2D eigenvalue weighted by atomic mass is 19.1. The molecule has 0 bridgehead atoms. The van der Waals surface area contributed by atoms with Gasteiger partial charge in [0.2, 0.25) is 0 Å². The molecular formula is C25H23FO4. The van der Waals surface area contributed by atoms with E-state index in [-0.39, 0.29) is 16.5 Å². The zero-order valence-electron chi connectivity index (χ0n) is 17.4. The Morgan fingerprint density at radius 2 is 1.37 bits per heavy atom. The number of ketones is 1. The van der Waals surface area contributed by atoms with Crippen LogP contribution in [-0.4, -0.2) is 18.9 Å². The minimum atomic E-state index is -0.742. The molecule has 4 nitrogen and oxygen atoms in total. The Hall–Kier alpha value is -3.47. The van der Waals surface area contributed by atoms with E-state index in [4.69, 9.17) is 9.47 Å². The average molecular weight is 406 g/mol. The van der Waals surface area contributed by atoms with Gasteiger partial charge in [0.25, 0.3) is 0 Å². The molecular weight excluding hydrogens is 383 g/mol. The third kappa shape index (κ3) is 4.40. The predicted octanol–water partition coefficient (Wildman–Crippen LogP) is 5.58. The maximum Gasteiger partial charge on any atom is 0.343 e. The standard InChI is InChI=1S/C25H23FO4/c1-16(27)22-14-5-17(15-23(22)26)24(28)30-21-12-8-19(9-13-21)25(2,3)18-6-10-20(29-4)11-7-18/h5-15H,1-4H3. The number of esters is 1. The normalized spacial score (nSPS) is 11.1. The van der Waals surface area contributed by atoms with Crippen molar-refractivity contribution in [2.75, 3.05) is 7.11 Å². The zero-order valence-corrected chi connectivity index (χ0v) is 17.4. The topological polar surface area (TPSA) is 52.6 Å². The van der Waals surface area contributed by atoms with Crippen molar-refractivity contribution in [2.24, 2.45) is 0 Å². The fourth-order valence-electron chi connectivity index (χ4n) is 3.21. The highest BCUT2D eigenvalue weighted by Gasteiger charge is 2.23. The van der Waals surface area contributed by atoms with E-state index in [2.05, 4.69) is 13.8 Å². The number of methoxy groups -OCH3 is 1. The van der Waals surface area contributed by atoms with Crippen molar-refractivity contribution in [3.05, 3.63) is 94.8 Å². The van der Waals surface area contributed by atoms with Crippen LogP contribution in [0.5, 0.6) is 11.5 Å². The van der Waals surface area contributed by atoms with Crippen molar-refractivity contribution >= 4 is 11.8 Å². The lowest BCUT2D eigenvalue weighted by Crippen LogP contribution is -2.18. The number of benzene rings is 3. The van der Waals surface area contributed by atoms with Crippen LogP contribution in [0.15, 0.2) is 66.7 Å². The van der Waals surface area contributed by atoms with Crippen molar-refractivity contribution in [3.8, 4) is 11.5 Å². The van der Waals surface area contributed by atoms with Crippen LogP contribution in [0, 0.1) is 5.82 Å². The van der Waals surface area contributed by atoms with Crippen LogP contribution in [0.25, 0.3) is 0 Å². The molecule has 3 aromatic carbocycles. The summed E-state index contributed by atoms with van der Waals surface area (Å²) in [6.07, 6.45) is 0. The Kier molecular flexibility index (Phi) is 6.01. The van der Waals surface area contributed by atoms with Gasteiger partial charge in [-0.15, -0.1) is 0 Å². The zero-order chi connectivity index (χ0) is 21.9. The largest absolute Gasteiger partial charge is 0.497 e. The van der Waals surface area contributed by atoms with Crippen molar-refractivity contribution in [3.63, 3.8) is 0 Å². The van der Waals surface area contributed by atoms with Gasteiger partial charge in [-0.05, 0) is 60.5 Å². The van der Waals surface area contributed by atoms with Crippen LogP contribution in [0.1, 0.15) is 52.6 Å². The van der Waals surface area contributed by atoms with Gasteiger partial charge in [0.1, 0.15) is 17.3 Å². The van der Waals surface area contributed by atoms with Crippen LogP contribution >= 0.6 is 0 Å². The first-order valence-corrected chi connectivity index (χ1v) is 9.50. The van der Waals surface area contributed by atoms with E-state index < -0.39 is 17.6 Å². The maximum atomic E-state index is 14.0. The van der Waals surface area contributed by atoms with E-state index >= 15 is 0 Å². The summed E-state index contributed by atoms with van der Waals surface area (Å²) in [7, 11) is 1.63. The molecule has 154 valence electrons. The lowest BCUT2D eigenvalue weighted by molar-refractivity contribution is 0.0733. The minimum Gasteiger partial charge on any atom is -0.497 e. The Balaban J connectivity index is 1.75. The van der Waals surface area contributed by atoms with Gasteiger partial charge in [-0.25, -0.2) is 9.18 Å². The molecule has 30 heavy (non-hydrogen) atoms.